The Labute approximate surface area is 351 Å². The lowest BCUT2D eigenvalue weighted by molar-refractivity contribution is -0.153. The molecule has 1 N–H and O–H groups in total. The van der Waals surface area contributed by atoms with Crippen LogP contribution in [0.1, 0.15) is 44.1 Å². The Morgan fingerprint density at radius 1 is 0.567 bits per heavy atom. The molecule has 0 heterocycles. The molecule has 7 rings (SSSR count). The number of nitrogens with one attached hydrogen (secondary N) is 1. The minimum Gasteiger partial charge on any atom is -0.449 e. The summed E-state index contributed by atoms with van der Waals surface area (Å²) >= 11 is 0. The topological polar surface area (TPSA) is 102 Å². The van der Waals surface area contributed by atoms with Crippen LogP contribution in [-0.4, -0.2) is 97.6 Å². The zero-order chi connectivity index (χ0) is 42.3. The lowest BCUT2D eigenvalue weighted by atomic mass is 9.98. The van der Waals surface area contributed by atoms with Gasteiger partial charge in [0.1, 0.15) is 18.7 Å². The van der Waals surface area contributed by atoms with Crippen LogP contribution in [0.5, 0.6) is 0 Å². The van der Waals surface area contributed by atoms with E-state index in [9.17, 15) is 19.2 Å². The first-order valence-corrected chi connectivity index (χ1v) is 20.2. The van der Waals surface area contributed by atoms with Crippen LogP contribution < -0.4 is 5.32 Å². The van der Waals surface area contributed by atoms with Gasteiger partial charge in [0.05, 0.1) is 0 Å². The smallest absolute Gasteiger partial charge is 0.407 e. The van der Waals surface area contributed by atoms with Gasteiger partial charge in [0.2, 0.25) is 5.91 Å². The average molecular weight is 802 g/mol. The minimum absolute atomic E-state index is 0.0652. The number of rotatable bonds is 14. The molecule has 0 saturated carbocycles. The van der Waals surface area contributed by atoms with Gasteiger partial charge < -0.3 is 19.9 Å². The van der Waals surface area contributed by atoms with E-state index in [0.717, 1.165) is 44.2 Å². The molecule has 10 heteroatoms. The van der Waals surface area contributed by atoms with E-state index in [2.05, 4.69) is 29.6 Å². The number of benzene rings is 6. The van der Waals surface area contributed by atoms with Gasteiger partial charge in [-0.25, -0.2) is 9.80 Å². The van der Waals surface area contributed by atoms with Gasteiger partial charge in [-0.1, -0.05) is 133 Å². The highest BCUT2D eigenvalue weighted by Crippen LogP contribution is 2.44. The zero-order valence-electron chi connectivity index (χ0n) is 34.7. The van der Waals surface area contributed by atoms with Crippen molar-refractivity contribution in [2.24, 2.45) is 0 Å². The molecule has 0 saturated heterocycles. The third-order valence-electron chi connectivity index (χ3n) is 11.6. The number of carbonyl (C=O) groups excluding carboxylic acids is 4. The van der Waals surface area contributed by atoms with Crippen LogP contribution in [-0.2, 0) is 33.7 Å². The van der Waals surface area contributed by atoms with Crippen LogP contribution in [0.2, 0.25) is 0 Å². The van der Waals surface area contributed by atoms with Gasteiger partial charge in [0.25, 0.3) is 11.8 Å². The number of fused-ring (bicyclic) bond motifs is 4. The first-order chi connectivity index (χ1) is 29.0. The molecule has 0 fully saturated rings. The monoisotopic (exact) mass is 801 g/mol. The van der Waals surface area contributed by atoms with Crippen LogP contribution in [0.3, 0.4) is 0 Å². The molecular formula is C50H51N5O5. The number of carbonyl (C=O) groups is 4. The summed E-state index contributed by atoms with van der Waals surface area (Å²) in [5.74, 6) is -1.06. The van der Waals surface area contributed by atoms with E-state index >= 15 is 0 Å². The van der Waals surface area contributed by atoms with Crippen molar-refractivity contribution in [2.75, 3.05) is 41.8 Å². The number of amides is 4. The first-order valence-electron chi connectivity index (χ1n) is 20.2. The normalized spacial score (nSPS) is 12.9. The van der Waals surface area contributed by atoms with Gasteiger partial charge in [-0.2, -0.15) is 0 Å². The van der Waals surface area contributed by atoms with E-state index in [-0.39, 0.29) is 43.2 Å². The summed E-state index contributed by atoms with van der Waals surface area (Å²) in [6, 6.07) is 45.2. The molecule has 1 aliphatic carbocycles. The number of nitrogens with zero attached hydrogens (tertiary/aromatic N) is 4. The number of alkyl carbamates (subject to hydrolysis) is 1. The Kier molecular flexibility index (Phi) is 12.7. The molecule has 6 aromatic carbocycles. The van der Waals surface area contributed by atoms with Crippen LogP contribution in [0.4, 0.5) is 4.79 Å². The molecule has 1 aliphatic rings. The van der Waals surface area contributed by atoms with Crippen molar-refractivity contribution in [1.82, 2.24) is 25.1 Å². The van der Waals surface area contributed by atoms with Gasteiger partial charge in [0, 0.05) is 66.1 Å². The summed E-state index contributed by atoms with van der Waals surface area (Å²) in [6.45, 7) is 0.319. The maximum absolute atomic E-state index is 14.8. The summed E-state index contributed by atoms with van der Waals surface area (Å²) in [5, 5.41) is 8.10. The van der Waals surface area contributed by atoms with Gasteiger partial charge in [0.15, 0.2) is 0 Å². The largest absolute Gasteiger partial charge is 0.449 e. The van der Waals surface area contributed by atoms with Crippen LogP contribution in [0, 0.1) is 0 Å². The maximum Gasteiger partial charge on any atom is 0.407 e. The van der Waals surface area contributed by atoms with Crippen LogP contribution >= 0.6 is 0 Å². The van der Waals surface area contributed by atoms with Crippen LogP contribution in [0.25, 0.3) is 21.9 Å². The molecule has 0 aliphatic heterocycles. The van der Waals surface area contributed by atoms with Crippen molar-refractivity contribution in [2.45, 2.75) is 37.4 Å². The molecular weight excluding hydrogens is 751 g/mol. The molecule has 6 aromatic rings. The SMILES string of the molecule is CN(C(=O)c1cccc(CNC(=O)OCC2c3ccccc3-c3ccccc32)c1)[C@H](Cc1ccc2ccccc2c1)C(=O)N(C)[C@H](Cc1ccccc1)C(=O)N(C)N(C)C. The number of hydrogen-bond acceptors (Lipinski definition) is 6. The number of likely N-dealkylation sites (N-methyl/N-ethyl adjacent to an activating group) is 3. The Hall–Kier alpha value is -6.78. The fourth-order valence-electron chi connectivity index (χ4n) is 7.99. The van der Waals surface area contributed by atoms with Crippen LogP contribution in [0.15, 0.2) is 146 Å². The molecule has 10 nitrogen and oxygen atoms in total. The van der Waals surface area contributed by atoms with Gasteiger partial charge in [-0.3, -0.25) is 19.4 Å². The second kappa shape index (κ2) is 18.4. The van der Waals surface area contributed by atoms with Gasteiger partial charge in [-0.15, -0.1) is 0 Å². The third-order valence-corrected chi connectivity index (χ3v) is 11.6. The van der Waals surface area contributed by atoms with Crippen molar-refractivity contribution < 1.29 is 23.9 Å². The number of hydrogen-bond donors (Lipinski definition) is 1. The molecule has 4 amide bonds. The molecule has 0 spiro atoms. The van der Waals surface area contributed by atoms with E-state index in [1.54, 1.807) is 58.4 Å². The molecule has 0 aromatic heterocycles. The van der Waals surface area contributed by atoms with Gasteiger partial charge >= 0.3 is 6.09 Å². The van der Waals surface area contributed by atoms with E-state index in [0.29, 0.717) is 17.5 Å². The van der Waals surface area contributed by atoms with Gasteiger partial charge in [-0.05, 0) is 61.8 Å². The zero-order valence-corrected chi connectivity index (χ0v) is 34.7. The second-order valence-electron chi connectivity index (χ2n) is 15.6. The quantitative estimate of drug-likeness (QED) is 0.114. The average Bonchev–Trinajstić information content (AvgIpc) is 3.60. The second-order valence-corrected chi connectivity index (χ2v) is 15.6. The Morgan fingerprint density at radius 3 is 1.83 bits per heavy atom. The summed E-state index contributed by atoms with van der Waals surface area (Å²) in [5.41, 5.74) is 7.39. The van der Waals surface area contributed by atoms with E-state index < -0.39 is 18.2 Å². The predicted octanol–water partition coefficient (Wildman–Crippen LogP) is 7.57. The van der Waals surface area contributed by atoms with Crippen molar-refractivity contribution >= 4 is 34.6 Å². The van der Waals surface area contributed by atoms with Crippen molar-refractivity contribution in [3.05, 3.63) is 179 Å². The minimum atomic E-state index is -0.956. The fraction of sp³-hybridized carbons (Fsp3) is 0.240. The van der Waals surface area contributed by atoms with E-state index in [1.165, 1.54) is 14.8 Å². The Bertz CT molecular complexity index is 2460. The Balaban J connectivity index is 1.09. The maximum atomic E-state index is 14.8. The lowest BCUT2D eigenvalue weighted by Crippen LogP contribution is -2.57. The molecule has 0 unspecified atom stereocenters. The van der Waals surface area contributed by atoms with E-state index in [1.807, 2.05) is 103 Å². The van der Waals surface area contributed by atoms with Crippen molar-refractivity contribution in [3.8, 4) is 11.1 Å². The highest BCUT2D eigenvalue weighted by Gasteiger charge is 2.37. The molecule has 0 radical (unpaired) electrons. The Morgan fingerprint density at radius 2 is 1.15 bits per heavy atom. The summed E-state index contributed by atoms with van der Waals surface area (Å²) in [4.78, 5) is 59.2. The molecule has 0 bridgehead atoms. The number of ether oxygens (including phenoxy) is 1. The van der Waals surface area contributed by atoms with Crippen molar-refractivity contribution in [1.29, 1.82) is 0 Å². The fourth-order valence-corrected chi connectivity index (χ4v) is 7.99. The van der Waals surface area contributed by atoms with Crippen molar-refractivity contribution in [3.63, 3.8) is 0 Å². The number of hydrazine groups is 1. The molecule has 306 valence electrons. The highest BCUT2D eigenvalue weighted by molar-refractivity contribution is 5.98. The first kappa shape index (κ1) is 41.4. The lowest BCUT2D eigenvalue weighted by Gasteiger charge is -2.37. The predicted molar refractivity (Wildman–Crippen MR) is 235 cm³/mol. The van der Waals surface area contributed by atoms with E-state index in [4.69, 9.17) is 4.74 Å². The summed E-state index contributed by atoms with van der Waals surface area (Å²) in [6.07, 6.45) is -0.0527. The molecule has 2 atom stereocenters. The summed E-state index contributed by atoms with van der Waals surface area (Å²) < 4.78 is 5.75. The molecule has 60 heavy (non-hydrogen) atoms. The highest BCUT2D eigenvalue weighted by atomic mass is 16.5. The standard InChI is InChI=1S/C50H51N5O5/c1-52(2)55(5)49(58)46(30-34-16-7-6-8-17-34)54(4)48(57)45(31-35-26-27-37-19-9-10-20-38(37)28-35)53(3)47(56)39-21-15-18-36(29-39)32-51-50(59)60-33-44-42-24-13-11-22-40(42)41-23-12-14-25-43(41)44/h6-29,44-46H,30-33H2,1-5H3,(H,51,59)/t45-,46-/m1/s1. The summed E-state index contributed by atoms with van der Waals surface area (Å²) in [7, 11) is 8.49. The third kappa shape index (κ3) is 9.09.